The standard InChI is InChI=1S/C13H27NO4/c1-11(2)12(3-4-13(15)16)5-7-17-9-10-18-8-6-14/h11-12H,3-10,14H2,1-2H3,(H,15,16). The van der Waals surface area contributed by atoms with E-state index in [1.165, 1.54) is 0 Å². The van der Waals surface area contributed by atoms with Crippen molar-refractivity contribution < 1.29 is 19.4 Å². The van der Waals surface area contributed by atoms with Gasteiger partial charge in [-0.2, -0.15) is 0 Å². The van der Waals surface area contributed by atoms with Crippen molar-refractivity contribution in [3.8, 4) is 0 Å². The van der Waals surface area contributed by atoms with Gasteiger partial charge >= 0.3 is 5.97 Å². The summed E-state index contributed by atoms with van der Waals surface area (Å²) in [6.07, 6.45) is 1.87. The Kier molecular flexibility index (Phi) is 11.0. The number of rotatable bonds is 12. The largest absolute Gasteiger partial charge is 0.481 e. The van der Waals surface area contributed by atoms with Gasteiger partial charge in [0.05, 0.1) is 19.8 Å². The second-order valence-corrected chi connectivity index (χ2v) is 4.74. The Morgan fingerprint density at radius 1 is 1.11 bits per heavy atom. The third-order valence-corrected chi connectivity index (χ3v) is 2.94. The van der Waals surface area contributed by atoms with Gasteiger partial charge in [-0.3, -0.25) is 4.79 Å². The molecule has 0 aliphatic carbocycles. The van der Waals surface area contributed by atoms with Crippen molar-refractivity contribution in [2.24, 2.45) is 17.6 Å². The summed E-state index contributed by atoms with van der Waals surface area (Å²) >= 11 is 0. The Morgan fingerprint density at radius 2 is 1.72 bits per heavy atom. The van der Waals surface area contributed by atoms with Crippen LogP contribution in [0.15, 0.2) is 0 Å². The van der Waals surface area contributed by atoms with Gasteiger partial charge in [-0.25, -0.2) is 0 Å². The van der Waals surface area contributed by atoms with Crippen LogP contribution in [0.4, 0.5) is 0 Å². The molecule has 0 aliphatic rings. The number of aliphatic carboxylic acids is 1. The van der Waals surface area contributed by atoms with Crippen LogP contribution in [-0.4, -0.2) is 44.0 Å². The molecule has 0 saturated heterocycles. The lowest BCUT2D eigenvalue weighted by Gasteiger charge is -2.19. The molecule has 5 heteroatoms. The third-order valence-electron chi connectivity index (χ3n) is 2.94. The third kappa shape index (κ3) is 10.5. The molecule has 1 atom stereocenters. The van der Waals surface area contributed by atoms with Crippen LogP contribution in [0.5, 0.6) is 0 Å². The first-order valence-corrected chi connectivity index (χ1v) is 6.65. The fourth-order valence-electron chi connectivity index (χ4n) is 1.76. The topological polar surface area (TPSA) is 81.8 Å². The van der Waals surface area contributed by atoms with Crippen molar-refractivity contribution in [1.29, 1.82) is 0 Å². The average molecular weight is 261 g/mol. The lowest BCUT2D eigenvalue weighted by Crippen LogP contribution is -2.16. The first kappa shape index (κ1) is 17.4. The zero-order valence-electron chi connectivity index (χ0n) is 11.6. The van der Waals surface area contributed by atoms with E-state index in [4.69, 9.17) is 20.3 Å². The molecule has 0 aliphatic heterocycles. The summed E-state index contributed by atoms with van der Waals surface area (Å²) in [5.41, 5.74) is 5.29. The van der Waals surface area contributed by atoms with Gasteiger partial charge in [0.15, 0.2) is 0 Å². The van der Waals surface area contributed by atoms with Gasteiger partial charge in [0.25, 0.3) is 0 Å². The highest BCUT2D eigenvalue weighted by Crippen LogP contribution is 2.20. The molecule has 0 bridgehead atoms. The van der Waals surface area contributed by atoms with Crippen molar-refractivity contribution in [1.82, 2.24) is 0 Å². The zero-order chi connectivity index (χ0) is 13.8. The molecule has 0 rings (SSSR count). The SMILES string of the molecule is CC(C)C(CCOCCOCCN)CCC(=O)O. The Morgan fingerprint density at radius 3 is 2.22 bits per heavy atom. The number of nitrogens with two attached hydrogens (primary N) is 1. The lowest BCUT2D eigenvalue weighted by molar-refractivity contribution is -0.137. The van der Waals surface area contributed by atoms with Crippen LogP contribution < -0.4 is 5.73 Å². The van der Waals surface area contributed by atoms with Gasteiger partial charge in [0, 0.05) is 19.6 Å². The molecule has 0 amide bonds. The number of hydrogen-bond donors (Lipinski definition) is 2. The molecule has 0 radical (unpaired) electrons. The molecule has 0 aromatic heterocycles. The fourth-order valence-corrected chi connectivity index (χ4v) is 1.76. The van der Waals surface area contributed by atoms with Crippen molar-refractivity contribution in [3.63, 3.8) is 0 Å². The zero-order valence-corrected chi connectivity index (χ0v) is 11.6. The van der Waals surface area contributed by atoms with Crippen LogP contribution in [0.1, 0.15) is 33.1 Å². The molecule has 0 fully saturated rings. The summed E-state index contributed by atoms with van der Waals surface area (Å²) in [5.74, 6) is 0.171. The van der Waals surface area contributed by atoms with Gasteiger partial charge in [0.1, 0.15) is 0 Å². The molecule has 3 N–H and O–H groups in total. The fraction of sp³-hybridized carbons (Fsp3) is 0.923. The molecular weight excluding hydrogens is 234 g/mol. The van der Waals surface area contributed by atoms with E-state index in [1.54, 1.807) is 0 Å². The van der Waals surface area contributed by atoms with Crippen LogP contribution in [-0.2, 0) is 14.3 Å². The summed E-state index contributed by atoms with van der Waals surface area (Å²) in [6.45, 7) is 7.14. The van der Waals surface area contributed by atoms with E-state index in [-0.39, 0.29) is 6.42 Å². The van der Waals surface area contributed by atoms with Crippen molar-refractivity contribution in [3.05, 3.63) is 0 Å². The number of hydrogen-bond acceptors (Lipinski definition) is 4. The van der Waals surface area contributed by atoms with Gasteiger partial charge in [-0.15, -0.1) is 0 Å². The van der Waals surface area contributed by atoms with Crippen LogP contribution in [0.3, 0.4) is 0 Å². The van der Waals surface area contributed by atoms with Crippen LogP contribution in [0, 0.1) is 11.8 Å². The maximum Gasteiger partial charge on any atom is 0.303 e. The molecule has 18 heavy (non-hydrogen) atoms. The molecule has 0 aromatic carbocycles. The Labute approximate surface area is 110 Å². The summed E-state index contributed by atoms with van der Waals surface area (Å²) < 4.78 is 10.6. The first-order chi connectivity index (χ1) is 8.57. The monoisotopic (exact) mass is 261 g/mol. The van der Waals surface area contributed by atoms with Crippen molar-refractivity contribution in [2.75, 3.05) is 33.0 Å². The number of carboxylic acids is 1. The molecule has 0 aromatic rings. The Hall–Kier alpha value is -0.650. The van der Waals surface area contributed by atoms with Gasteiger partial charge < -0.3 is 20.3 Å². The van der Waals surface area contributed by atoms with E-state index in [2.05, 4.69) is 13.8 Å². The first-order valence-electron chi connectivity index (χ1n) is 6.65. The Balaban J connectivity index is 3.55. The molecule has 0 spiro atoms. The predicted octanol–water partition coefficient (Wildman–Crippen LogP) is 1.51. The highest BCUT2D eigenvalue weighted by molar-refractivity contribution is 5.66. The second kappa shape index (κ2) is 11.4. The van der Waals surface area contributed by atoms with E-state index in [0.717, 1.165) is 12.8 Å². The second-order valence-electron chi connectivity index (χ2n) is 4.74. The predicted molar refractivity (Wildman–Crippen MR) is 70.5 cm³/mol. The highest BCUT2D eigenvalue weighted by Gasteiger charge is 2.14. The number of ether oxygens (including phenoxy) is 2. The molecule has 0 heterocycles. The summed E-state index contributed by atoms with van der Waals surface area (Å²) in [4.78, 5) is 10.5. The molecule has 1 unspecified atom stereocenters. The van der Waals surface area contributed by atoms with E-state index in [1.807, 2.05) is 0 Å². The minimum Gasteiger partial charge on any atom is -0.481 e. The number of carbonyl (C=O) groups is 1. The lowest BCUT2D eigenvalue weighted by atomic mass is 9.88. The maximum absolute atomic E-state index is 10.5. The normalized spacial score (nSPS) is 12.9. The van der Waals surface area contributed by atoms with Crippen LogP contribution >= 0.6 is 0 Å². The maximum atomic E-state index is 10.5. The average Bonchev–Trinajstić information content (AvgIpc) is 2.31. The molecular formula is C13H27NO4. The molecule has 5 nitrogen and oxygen atoms in total. The van der Waals surface area contributed by atoms with E-state index in [0.29, 0.717) is 44.8 Å². The highest BCUT2D eigenvalue weighted by atomic mass is 16.5. The minimum absolute atomic E-state index is 0.239. The van der Waals surface area contributed by atoms with E-state index < -0.39 is 5.97 Å². The number of carboxylic acid groups (broad SMARTS) is 1. The van der Waals surface area contributed by atoms with Crippen LogP contribution in [0.25, 0.3) is 0 Å². The smallest absolute Gasteiger partial charge is 0.303 e. The molecule has 0 saturated carbocycles. The quantitative estimate of drug-likeness (QED) is 0.520. The van der Waals surface area contributed by atoms with E-state index >= 15 is 0 Å². The minimum atomic E-state index is -0.725. The van der Waals surface area contributed by atoms with E-state index in [9.17, 15) is 4.79 Å². The summed E-state index contributed by atoms with van der Waals surface area (Å²) in [6, 6.07) is 0. The molecule has 108 valence electrons. The van der Waals surface area contributed by atoms with Crippen LogP contribution in [0.2, 0.25) is 0 Å². The summed E-state index contributed by atoms with van der Waals surface area (Å²) in [7, 11) is 0. The van der Waals surface area contributed by atoms with Gasteiger partial charge in [-0.05, 0) is 24.7 Å². The van der Waals surface area contributed by atoms with Gasteiger partial charge in [0.2, 0.25) is 0 Å². The summed E-state index contributed by atoms with van der Waals surface area (Å²) in [5, 5.41) is 8.68. The van der Waals surface area contributed by atoms with Crippen molar-refractivity contribution >= 4 is 5.97 Å². The Bertz CT molecular complexity index is 209. The van der Waals surface area contributed by atoms with Gasteiger partial charge in [-0.1, -0.05) is 13.8 Å². The van der Waals surface area contributed by atoms with Crippen molar-refractivity contribution in [2.45, 2.75) is 33.1 Å².